The van der Waals surface area contributed by atoms with Gasteiger partial charge in [0.15, 0.2) is 0 Å². The molecular formula is C18H20N2O4S2. The molecule has 0 atom stereocenters. The average Bonchev–Trinajstić information content (AvgIpc) is 2.64. The van der Waals surface area contributed by atoms with Crippen molar-refractivity contribution in [3.8, 4) is 11.5 Å². The number of hydrogen-bond donors (Lipinski definition) is 4. The Morgan fingerprint density at radius 2 is 1.04 bits per heavy atom. The molecule has 0 spiro atoms. The molecule has 0 unspecified atom stereocenters. The van der Waals surface area contributed by atoms with E-state index in [1.54, 1.807) is 48.5 Å². The van der Waals surface area contributed by atoms with Crippen molar-refractivity contribution < 1.29 is 19.8 Å². The molecule has 0 fully saturated rings. The second kappa shape index (κ2) is 10.6. The minimum atomic E-state index is -0.115. The highest BCUT2D eigenvalue weighted by molar-refractivity contribution is 8.00. The monoisotopic (exact) mass is 392 g/mol. The Balaban J connectivity index is 1.54. The number of hydrogen-bond acceptors (Lipinski definition) is 6. The lowest BCUT2D eigenvalue weighted by atomic mass is 10.3. The molecule has 0 aliphatic rings. The van der Waals surface area contributed by atoms with Crippen LogP contribution in [-0.4, -0.2) is 46.6 Å². The van der Waals surface area contributed by atoms with Crippen LogP contribution in [0.4, 0.5) is 0 Å². The third kappa shape index (κ3) is 7.71. The number of nitrogens with one attached hydrogen (secondary N) is 2. The first kappa shape index (κ1) is 20.0. The van der Waals surface area contributed by atoms with Crippen LogP contribution in [0.25, 0.3) is 0 Å². The van der Waals surface area contributed by atoms with Crippen LogP contribution >= 0.6 is 23.5 Å². The van der Waals surface area contributed by atoms with E-state index < -0.39 is 0 Å². The van der Waals surface area contributed by atoms with Gasteiger partial charge in [-0.05, 0) is 48.5 Å². The van der Waals surface area contributed by atoms with Gasteiger partial charge in [-0.3, -0.25) is 9.59 Å². The summed E-state index contributed by atoms with van der Waals surface area (Å²) < 4.78 is 0. The lowest BCUT2D eigenvalue weighted by Gasteiger charge is -2.07. The zero-order valence-corrected chi connectivity index (χ0v) is 15.6. The molecule has 0 aliphatic heterocycles. The van der Waals surface area contributed by atoms with E-state index in [4.69, 9.17) is 0 Å². The van der Waals surface area contributed by atoms with Gasteiger partial charge in [0.1, 0.15) is 11.5 Å². The van der Waals surface area contributed by atoms with E-state index >= 15 is 0 Å². The van der Waals surface area contributed by atoms with Crippen molar-refractivity contribution in [2.45, 2.75) is 9.79 Å². The van der Waals surface area contributed by atoms with E-state index in [2.05, 4.69) is 10.6 Å². The fourth-order valence-corrected chi connectivity index (χ4v) is 3.35. The van der Waals surface area contributed by atoms with Gasteiger partial charge in [0.2, 0.25) is 11.8 Å². The molecule has 4 N–H and O–H groups in total. The van der Waals surface area contributed by atoms with Crippen molar-refractivity contribution in [2.75, 3.05) is 24.6 Å². The summed E-state index contributed by atoms with van der Waals surface area (Å²) >= 11 is 2.75. The summed E-state index contributed by atoms with van der Waals surface area (Å²) in [4.78, 5) is 25.3. The van der Waals surface area contributed by atoms with Crippen molar-refractivity contribution in [3.05, 3.63) is 48.5 Å². The number of rotatable bonds is 9. The quantitative estimate of drug-likeness (QED) is 0.386. The molecule has 8 heteroatoms. The predicted molar refractivity (Wildman–Crippen MR) is 104 cm³/mol. The molecule has 6 nitrogen and oxygen atoms in total. The average molecular weight is 393 g/mol. The smallest absolute Gasteiger partial charge is 0.230 e. The summed E-state index contributed by atoms with van der Waals surface area (Å²) in [5.41, 5.74) is 0. The largest absolute Gasteiger partial charge is 0.508 e. The summed E-state index contributed by atoms with van der Waals surface area (Å²) in [5, 5.41) is 23.9. The van der Waals surface area contributed by atoms with Crippen molar-refractivity contribution in [1.29, 1.82) is 0 Å². The maximum atomic E-state index is 11.7. The van der Waals surface area contributed by atoms with E-state index in [0.717, 1.165) is 9.79 Å². The Labute approximate surface area is 160 Å². The van der Waals surface area contributed by atoms with Crippen LogP contribution in [0.3, 0.4) is 0 Å². The highest BCUT2D eigenvalue weighted by Crippen LogP contribution is 2.21. The molecule has 0 saturated heterocycles. The number of carbonyl (C=O) groups excluding carboxylic acids is 2. The second-order valence-corrected chi connectivity index (χ2v) is 7.36. The zero-order chi connectivity index (χ0) is 18.8. The Bertz CT molecular complexity index is 657. The molecule has 2 rings (SSSR count). The first-order valence-electron chi connectivity index (χ1n) is 7.90. The normalized spacial score (nSPS) is 10.3. The van der Waals surface area contributed by atoms with Gasteiger partial charge in [-0.15, -0.1) is 23.5 Å². The maximum absolute atomic E-state index is 11.7. The number of thioether (sulfide) groups is 2. The van der Waals surface area contributed by atoms with E-state index in [9.17, 15) is 19.8 Å². The van der Waals surface area contributed by atoms with Gasteiger partial charge in [0, 0.05) is 22.9 Å². The summed E-state index contributed by atoms with van der Waals surface area (Å²) in [6, 6.07) is 13.3. The first-order valence-corrected chi connectivity index (χ1v) is 9.87. The van der Waals surface area contributed by atoms with Crippen LogP contribution < -0.4 is 10.6 Å². The molecule has 0 heterocycles. The number of phenolic OH excluding ortho intramolecular Hbond substituents is 2. The van der Waals surface area contributed by atoms with E-state index in [-0.39, 0.29) is 34.8 Å². The number of benzene rings is 2. The molecule has 0 bridgehead atoms. The molecule has 2 amide bonds. The highest BCUT2D eigenvalue weighted by atomic mass is 32.2. The lowest BCUT2D eigenvalue weighted by molar-refractivity contribution is -0.120. The Morgan fingerprint density at radius 3 is 1.38 bits per heavy atom. The zero-order valence-electron chi connectivity index (χ0n) is 14.0. The molecule has 0 aromatic heterocycles. The topological polar surface area (TPSA) is 98.7 Å². The van der Waals surface area contributed by atoms with Gasteiger partial charge in [0.25, 0.3) is 0 Å². The Morgan fingerprint density at radius 1 is 0.692 bits per heavy atom. The maximum Gasteiger partial charge on any atom is 0.230 e. The summed E-state index contributed by atoms with van der Waals surface area (Å²) in [6.07, 6.45) is 0. The van der Waals surface area contributed by atoms with Crippen molar-refractivity contribution in [2.24, 2.45) is 0 Å². The molecule has 138 valence electrons. The second-order valence-electron chi connectivity index (χ2n) is 5.27. The first-order chi connectivity index (χ1) is 12.5. The third-order valence-electron chi connectivity index (χ3n) is 3.18. The molecule has 0 aliphatic carbocycles. The van der Waals surface area contributed by atoms with Gasteiger partial charge in [-0.1, -0.05) is 0 Å². The van der Waals surface area contributed by atoms with E-state index in [1.165, 1.54) is 23.5 Å². The van der Waals surface area contributed by atoms with Crippen LogP contribution in [0.1, 0.15) is 0 Å². The Hall–Kier alpha value is -2.32. The molecular weight excluding hydrogens is 372 g/mol. The minimum absolute atomic E-state index is 0.115. The predicted octanol–water partition coefficient (Wildman–Crippen LogP) is 2.21. The molecule has 2 aromatic rings. The van der Waals surface area contributed by atoms with E-state index in [1.807, 2.05) is 0 Å². The summed E-state index contributed by atoms with van der Waals surface area (Å²) in [5.74, 6) is 0.702. The number of carbonyl (C=O) groups is 2. The van der Waals surface area contributed by atoms with Crippen LogP contribution in [0, 0.1) is 0 Å². The fraction of sp³-hybridized carbons (Fsp3) is 0.222. The lowest BCUT2D eigenvalue weighted by Crippen LogP contribution is -2.36. The molecule has 0 radical (unpaired) electrons. The third-order valence-corrected chi connectivity index (χ3v) is 5.21. The number of phenols is 2. The van der Waals surface area contributed by atoms with Gasteiger partial charge < -0.3 is 20.8 Å². The van der Waals surface area contributed by atoms with E-state index in [0.29, 0.717) is 13.1 Å². The minimum Gasteiger partial charge on any atom is -0.508 e. The summed E-state index contributed by atoms with van der Waals surface area (Å²) in [7, 11) is 0. The van der Waals surface area contributed by atoms with Gasteiger partial charge in [-0.2, -0.15) is 0 Å². The van der Waals surface area contributed by atoms with Crippen LogP contribution in [0.2, 0.25) is 0 Å². The van der Waals surface area contributed by atoms with Crippen LogP contribution in [0.5, 0.6) is 11.5 Å². The van der Waals surface area contributed by atoms with Gasteiger partial charge >= 0.3 is 0 Å². The highest BCUT2D eigenvalue weighted by Gasteiger charge is 2.05. The van der Waals surface area contributed by atoms with Gasteiger partial charge in [-0.25, -0.2) is 0 Å². The fourth-order valence-electron chi connectivity index (χ4n) is 1.89. The number of aromatic hydroxyl groups is 2. The Kier molecular flexibility index (Phi) is 8.17. The van der Waals surface area contributed by atoms with Crippen LogP contribution in [0.15, 0.2) is 58.3 Å². The van der Waals surface area contributed by atoms with Crippen LogP contribution in [-0.2, 0) is 9.59 Å². The molecule has 0 saturated carbocycles. The van der Waals surface area contributed by atoms with Gasteiger partial charge in [0.05, 0.1) is 11.5 Å². The standard InChI is InChI=1S/C18H20N2O4S2/c21-13-1-5-15(6-2-13)25-11-17(23)19-9-10-20-18(24)12-26-16-7-3-14(22)4-8-16/h1-8,21-22H,9-12H2,(H,19,23)(H,20,24). The van der Waals surface area contributed by atoms with Crippen molar-refractivity contribution in [1.82, 2.24) is 10.6 Å². The SMILES string of the molecule is O=C(CSc1ccc(O)cc1)NCCNC(=O)CSc1ccc(O)cc1. The molecule has 26 heavy (non-hydrogen) atoms. The number of amides is 2. The van der Waals surface area contributed by atoms with Crippen molar-refractivity contribution in [3.63, 3.8) is 0 Å². The van der Waals surface area contributed by atoms with Crippen molar-refractivity contribution >= 4 is 35.3 Å². The summed E-state index contributed by atoms with van der Waals surface area (Å²) in [6.45, 7) is 0.731. The molecule has 2 aromatic carbocycles.